The van der Waals surface area contributed by atoms with Crippen LogP contribution in [-0.4, -0.2) is 12.5 Å². The summed E-state index contributed by atoms with van der Waals surface area (Å²) in [7, 11) is 0. The van der Waals surface area contributed by atoms with Crippen LogP contribution in [0.1, 0.15) is 16.7 Å². The maximum atomic E-state index is 12.5. The van der Waals surface area contributed by atoms with E-state index in [0.29, 0.717) is 12.3 Å². The molecule has 2 aromatic carbocycles. The minimum Gasteiger partial charge on any atom is -0.487 e. The molecule has 0 aliphatic heterocycles. The van der Waals surface area contributed by atoms with Gasteiger partial charge in [0.05, 0.1) is 7.14 Å². The van der Waals surface area contributed by atoms with Crippen molar-refractivity contribution < 1.29 is 9.53 Å². The lowest BCUT2D eigenvalue weighted by molar-refractivity contribution is -0.112. The molecular weight excluding hydrogens is 566 g/mol. The van der Waals surface area contributed by atoms with Crippen LogP contribution in [0.25, 0.3) is 6.08 Å². The first-order valence-electron chi connectivity index (χ1n) is 8.09. The molecule has 0 bridgehead atoms. The third kappa shape index (κ3) is 5.81. The summed E-state index contributed by atoms with van der Waals surface area (Å²) >= 11 is 4.35. The second-order valence-electron chi connectivity index (χ2n) is 5.86. The Morgan fingerprint density at radius 3 is 2.48 bits per heavy atom. The van der Waals surface area contributed by atoms with Gasteiger partial charge in [-0.15, -0.1) is 0 Å². The van der Waals surface area contributed by atoms with E-state index in [1.807, 2.05) is 50.2 Å². The van der Waals surface area contributed by atoms with Gasteiger partial charge in [-0.2, -0.15) is 5.26 Å². The van der Waals surface area contributed by atoms with Crippen molar-refractivity contribution in [3.8, 4) is 11.8 Å². The average Bonchev–Trinajstić information content (AvgIpc) is 2.61. The van der Waals surface area contributed by atoms with Gasteiger partial charge >= 0.3 is 0 Å². The number of aryl methyl sites for hydroxylation is 2. The summed E-state index contributed by atoms with van der Waals surface area (Å²) < 4.78 is 7.46. The van der Waals surface area contributed by atoms with Gasteiger partial charge in [0.15, 0.2) is 0 Å². The van der Waals surface area contributed by atoms with Crippen molar-refractivity contribution in [3.05, 3.63) is 72.4 Å². The van der Waals surface area contributed by atoms with Gasteiger partial charge < -0.3 is 10.1 Å². The van der Waals surface area contributed by atoms with Gasteiger partial charge in [0, 0.05) is 5.69 Å². The lowest BCUT2D eigenvalue weighted by Gasteiger charge is -2.11. The van der Waals surface area contributed by atoms with Gasteiger partial charge in [-0.05, 0) is 94.4 Å². The lowest BCUT2D eigenvalue weighted by atomic mass is 10.1. The Kier molecular flexibility index (Phi) is 7.86. The zero-order chi connectivity index (χ0) is 20.0. The molecule has 27 heavy (non-hydrogen) atoms. The summed E-state index contributed by atoms with van der Waals surface area (Å²) in [4.78, 5) is 12.5. The van der Waals surface area contributed by atoms with E-state index in [9.17, 15) is 10.1 Å². The number of halogens is 2. The average molecular weight is 584 g/mol. The van der Waals surface area contributed by atoms with Crippen molar-refractivity contribution in [2.24, 2.45) is 0 Å². The fourth-order valence-electron chi connectivity index (χ4n) is 2.40. The number of nitrogens with one attached hydrogen (secondary N) is 1. The van der Waals surface area contributed by atoms with Crippen LogP contribution in [0.3, 0.4) is 0 Å². The van der Waals surface area contributed by atoms with E-state index in [1.165, 1.54) is 0 Å². The molecule has 2 aromatic rings. The number of nitrogens with zero attached hydrogens (tertiary/aromatic N) is 1. The molecule has 1 N–H and O–H groups in total. The Morgan fingerprint density at radius 1 is 1.26 bits per heavy atom. The van der Waals surface area contributed by atoms with Crippen LogP contribution in [-0.2, 0) is 4.79 Å². The van der Waals surface area contributed by atoms with E-state index in [-0.39, 0.29) is 5.57 Å². The molecule has 0 heterocycles. The molecule has 6 heteroatoms. The predicted octanol–water partition coefficient (Wildman–Crippen LogP) is 5.62. The summed E-state index contributed by atoms with van der Waals surface area (Å²) in [6, 6.07) is 11.5. The Balaban J connectivity index is 2.28. The molecular formula is C21H18I2N2O2. The Hall–Kier alpha value is -1.86. The van der Waals surface area contributed by atoms with Crippen LogP contribution in [0, 0.1) is 32.3 Å². The van der Waals surface area contributed by atoms with Crippen LogP contribution in [0.4, 0.5) is 5.69 Å². The largest absolute Gasteiger partial charge is 0.487 e. The smallest absolute Gasteiger partial charge is 0.266 e. The lowest BCUT2D eigenvalue weighted by Crippen LogP contribution is -2.14. The number of carbonyl (C=O) groups excluding carboxylic acids is 1. The van der Waals surface area contributed by atoms with Gasteiger partial charge in [-0.3, -0.25) is 4.79 Å². The van der Waals surface area contributed by atoms with Crippen molar-refractivity contribution >= 4 is 62.9 Å². The molecule has 0 unspecified atom stereocenters. The van der Waals surface area contributed by atoms with Gasteiger partial charge in [0.2, 0.25) is 0 Å². The molecule has 0 saturated heterocycles. The summed E-state index contributed by atoms with van der Waals surface area (Å²) in [5.41, 5.74) is 3.57. The molecule has 1 amide bonds. The number of nitriles is 1. The molecule has 0 radical (unpaired) electrons. The normalized spacial score (nSPS) is 10.9. The standard InChI is InChI=1S/C21H18I2N2O2/c1-4-7-27-20-17(22)10-15(11-18(20)23)9-16(12-24)21(26)25-19-6-5-13(2)8-14(19)3/h4-6,8-11H,1,7H2,2-3H3,(H,25,26)/b16-9+. The number of carbonyl (C=O) groups is 1. The van der Waals surface area contributed by atoms with E-state index in [0.717, 1.165) is 29.6 Å². The first-order chi connectivity index (χ1) is 12.8. The third-order valence-electron chi connectivity index (χ3n) is 3.67. The Bertz CT molecular complexity index is 936. The highest BCUT2D eigenvalue weighted by atomic mass is 127. The van der Waals surface area contributed by atoms with E-state index >= 15 is 0 Å². The van der Waals surface area contributed by atoms with Gasteiger partial charge in [0.1, 0.15) is 24.0 Å². The summed E-state index contributed by atoms with van der Waals surface area (Å²) in [5.74, 6) is 0.341. The first-order valence-corrected chi connectivity index (χ1v) is 10.2. The maximum absolute atomic E-state index is 12.5. The minimum atomic E-state index is -0.429. The van der Waals surface area contributed by atoms with E-state index in [2.05, 4.69) is 57.1 Å². The number of hydrogen-bond donors (Lipinski definition) is 1. The van der Waals surface area contributed by atoms with Crippen molar-refractivity contribution in [3.63, 3.8) is 0 Å². The first kappa shape index (κ1) is 21.4. The maximum Gasteiger partial charge on any atom is 0.266 e. The highest BCUT2D eigenvalue weighted by Gasteiger charge is 2.13. The van der Waals surface area contributed by atoms with E-state index < -0.39 is 5.91 Å². The molecule has 0 saturated carbocycles. The van der Waals surface area contributed by atoms with E-state index in [4.69, 9.17) is 4.74 Å². The van der Waals surface area contributed by atoms with Crippen molar-refractivity contribution in [2.45, 2.75) is 13.8 Å². The highest BCUT2D eigenvalue weighted by Crippen LogP contribution is 2.30. The zero-order valence-corrected chi connectivity index (χ0v) is 19.3. The SMILES string of the molecule is C=CCOc1c(I)cc(/C=C(\C#N)C(=O)Nc2ccc(C)cc2C)cc1I. The number of benzene rings is 2. The van der Waals surface area contributed by atoms with Crippen LogP contribution in [0.15, 0.2) is 48.6 Å². The highest BCUT2D eigenvalue weighted by molar-refractivity contribution is 14.1. The van der Waals surface area contributed by atoms with Crippen molar-refractivity contribution in [1.82, 2.24) is 0 Å². The number of amides is 1. The van der Waals surface area contributed by atoms with Crippen LogP contribution in [0.2, 0.25) is 0 Å². The number of rotatable bonds is 6. The van der Waals surface area contributed by atoms with Crippen molar-refractivity contribution in [1.29, 1.82) is 5.26 Å². The van der Waals surface area contributed by atoms with Gasteiger partial charge in [-0.25, -0.2) is 0 Å². The second kappa shape index (κ2) is 9.90. The van der Waals surface area contributed by atoms with Crippen LogP contribution in [0.5, 0.6) is 5.75 Å². The molecule has 0 fully saturated rings. The summed E-state index contributed by atoms with van der Waals surface area (Å²) in [6.07, 6.45) is 3.27. The van der Waals surface area contributed by atoms with Crippen LogP contribution >= 0.6 is 45.2 Å². The molecule has 2 rings (SSSR count). The predicted molar refractivity (Wildman–Crippen MR) is 126 cm³/mol. The van der Waals surface area contributed by atoms with Gasteiger partial charge in [-0.1, -0.05) is 30.4 Å². The number of anilines is 1. The summed E-state index contributed by atoms with van der Waals surface area (Å²) in [6.45, 7) is 7.98. The fraction of sp³-hybridized carbons (Fsp3) is 0.143. The quantitative estimate of drug-likeness (QED) is 0.208. The molecule has 0 aromatic heterocycles. The Morgan fingerprint density at radius 2 is 1.93 bits per heavy atom. The summed E-state index contributed by atoms with van der Waals surface area (Å²) in [5, 5.41) is 12.2. The number of ether oxygens (including phenoxy) is 1. The number of hydrogen-bond acceptors (Lipinski definition) is 3. The zero-order valence-electron chi connectivity index (χ0n) is 15.0. The Labute approximate surface area is 186 Å². The molecule has 4 nitrogen and oxygen atoms in total. The van der Waals surface area contributed by atoms with Crippen molar-refractivity contribution in [2.75, 3.05) is 11.9 Å². The van der Waals surface area contributed by atoms with Crippen LogP contribution < -0.4 is 10.1 Å². The van der Waals surface area contributed by atoms with Gasteiger partial charge in [0.25, 0.3) is 5.91 Å². The molecule has 0 spiro atoms. The molecule has 0 atom stereocenters. The molecule has 0 aliphatic carbocycles. The second-order valence-corrected chi connectivity index (χ2v) is 8.18. The topological polar surface area (TPSA) is 62.1 Å². The minimum absolute atomic E-state index is 0.0429. The monoisotopic (exact) mass is 584 g/mol. The molecule has 138 valence electrons. The third-order valence-corrected chi connectivity index (χ3v) is 5.27. The van der Waals surface area contributed by atoms with E-state index in [1.54, 1.807) is 12.2 Å². The molecule has 0 aliphatic rings. The fourth-order valence-corrected chi connectivity index (χ4v) is 4.53.